The minimum Gasteiger partial charge on any atom is -1.00 e. The molecular formula is C43H36Cl2F12Zr. The van der Waals surface area contributed by atoms with Gasteiger partial charge < -0.3 is 24.8 Å². The van der Waals surface area contributed by atoms with Gasteiger partial charge in [-0.15, -0.1) is 0 Å². The molecule has 0 fully saturated rings. The Labute approximate surface area is 348 Å². The van der Waals surface area contributed by atoms with Crippen molar-refractivity contribution in [3.05, 3.63) is 144 Å². The molecule has 0 spiro atoms. The fraction of sp³-hybridized carbons (Fsp3) is 0.326. The van der Waals surface area contributed by atoms with Crippen LogP contribution in [0.2, 0.25) is 0 Å². The first-order valence-electron chi connectivity index (χ1n) is 17.6. The smallest absolute Gasteiger partial charge is 1.00 e. The summed E-state index contributed by atoms with van der Waals surface area (Å²) in [6, 6.07) is 11.1. The van der Waals surface area contributed by atoms with E-state index in [0.717, 1.165) is 22.3 Å². The van der Waals surface area contributed by atoms with E-state index in [2.05, 4.69) is 0 Å². The maximum atomic E-state index is 14.5. The fourth-order valence-corrected chi connectivity index (χ4v) is 16.2. The molecule has 4 aromatic carbocycles. The van der Waals surface area contributed by atoms with E-state index >= 15 is 0 Å². The van der Waals surface area contributed by atoms with Crippen molar-refractivity contribution < 1.29 is 98.8 Å². The molecule has 4 aromatic rings. The van der Waals surface area contributed by atoms with Crippen molar-refractivity contribution in [3.8, 4) is 11.1 Å². The van der Waals surface area contributed by atoms with E-state index in [-0.39, 0.29) is 52.0 Å². The summed E-state index contributed by atoms with van der Waals surface area (Å²) in [7, 11) is 0. The molecule has 0 N–H and O–H groups in total. The standard InChI is InChI=1S/C21H25.C17H6F12.C5H5.2ClH.Zr/c1-20(2,3)16-7-9-18-14(12-16)11-15-13-17(21(4,5)6)8-10-19(15)18;18-14(19,20)10-2-8(3-11(6-10)15(21,22)23)1-9-4-12(16(24,25)26)7-13(5-9)17(27,28)29;1-2-4-5-3-1;;;/h7-10,12H,11H2,1-6H3;2-7H;1-3H,4H2;2*1H;/q;;;;;+2/p-2. The minimum atomic E-state index is -5.35. The molecule has 0 aromatic heterocycles. The number of halogens is 14. The van der Waals surface area contributed by atoms with Gasteiger partial charge in [0.2, 0.25) is 0 Å². The van der Waals surface area contributed by atoms with E-state index in [1.54, 1.807) is 18.2 Å². The molecule has 0 unspecified atom stereocenters. The van der Waals surface area contributed by atoms with Crippen molar-refractivity contribution in [2.45, 2.75) is 89.9 Å². The van der Waals surface area contributed by atoms with E-state index in [9.17, 15) is 52.7 Å². The Morgan fingerprint density at radius 3 is 1.34 bits per heavy atom. The van der Waals surface area contributed by atoms with Crippen molar-refractivity contribution in [2.24, 2.45) is 0 Å². The molecule has 2 aliphatic rings. The summed E-state index contributed by atoms with van der Waals surface area (Å²) in [4.78, 5) is 0. The Hall–Kier alpha value is -3.15. The van der Waals surface area contributed by atoms with Crippen LogP contribution in [0.4, 0.5) is 52.7 Å². The zero-order chi connectivity index (χ0) is 41.6. The summed E-state index contributed by atoms with van der Waals surface area (Å²) in [5, 5.41) is 0. The molecule has 0 saturated heterocycles. The number of rotatable bonds is 4. The van der Waals surface area contributed by atoms with Crippen molar-refractivity contribution >= 4 is 6.48 Å². The summed E-state index contributed by atoms with van der Waals surface area (Å²) >= 11 is -4.55. The normalized spacial score (nSPS) is 14.2. The second-order valence-corrected chi connectivity index (χ2v) is 22.1. The zero-order valence-electron chi connectivity index (χ0n) is 31.8. The topological polar surface area (TPSA) is 0 Å². The van der Waals surface area contributed by atoms with Gasteiger partial charge in [0.05, 0.1) is 0 Å². The monoisotopic (exact) mass is 940 g/mol. The Kier molecular flexibility index (Phi) is 13.1. The van der Waals surface area contributed by atoms with Crippen LogP contribution >= 0.6 is 0 Å². The molecule has 58 heavy (non-hydrogen) atoms. The van der Waals surface area contributed by atoms with E-state index in [4.69, 9.17) is 0 Å². The van der Waals surface area contributed by atoms with Crippen LogP contribution in [0, 0.1) is 0 Å². The van der Waals surface area contributed by atoms with Crippen LogP contribution in [0.25, 0.3) is 11.1 Å². The van der Waals surface area contributed by atoms with Gasteiger partial charge in [0.15, 0.2) is 0 Å². The fourth-order valence-electron chi connectivity index (χ4n) is 7.39. The number of fused-ring (bicyclic) bond motifs is 3. The van der Waals surface area contributed by atoms with Gasteiger partial charge in [-0.2, -0.15) is 0 Å². The molecule has 0 aliphatic heterocycles. The maximum Gasteiger partial charge on any atom is -1.00 e. The first-order valence-corrected chi connectivity index (χ1v) is 21.2. The molecule has 0 saturated carbocycles. The number of hydrogen-bond donors (Lipinski definition) is 0. The molecule has 6 rings (SSSR count). The average Bonchev–Trinajstić information content (AvgIpc) is 3.72. The number of benzene rings is 4. The van der Waals surface area contributed by atoms with Crippen molar-refractivity contribution in [3.63, 3.8) is 0 Å². The quantitative estimate of drug-likeness (QED) is 0.166. The van der Waals surface area contributed by atoms with Crippen molar-refractivity contribution in [2.75, 3.05) is 0 Å². The summed E-state index contributed by atoms with van der Waals surface area (Å²) in [5.74, 6) is 0. The first kappa shape index (κ1) is 47.5. The molecule has 0 heterocycles. The predicted molar refractivity (Wildman–Crippen MR) is 190 cm³/mol. The number of allylic oxidation sites excluding steroid dienone is 4. The molecule has 0 nitrogen and oxygen atoms in total. The second kappa shape index (κ2) is 16.0. The van der Waals surface area contributed by atoms with Gasteiger partial charge in [0.25, 0.3) is 0 Å². The molecule has 0 bridgehead atoms. The second-order valence-electron chi connectivity index (χ2n) is 16.2. The summed E-state index contributed by atoms with van der Waals surface area (Å²) in [6.07, 6.45) is -15.9. The number of hydrogen-bond acceptors (Lipinski definition) is 0. The third-order valence-corrected chi connectivity index (χ3v) is 17.9. The van der Waals surface area contributed by atoms with E-state index in [1.165, 1.54) is 0 Å². The summed E-state index contributed by atoms with van der Waals surface area (Å²) in [6.45, 7) is 11.7. The third kappa shape index (κ3) is 9.57. The maximum absolute atomic E-state index is 14.5. The predicted octanol–water partition coefficient (Wildman–Crippen LogP) is 7.29. The van der Waals surface area contributed by atoms with Crippen LogP contribution in [0.3, 0.4) is 0 Å². The molecule has 0 radical (unpaired) electrons. The Morgan fingerprint density at radius 2 is 0.966 bits per heavy atom. The molecule has 15 heteroatoms. The SMILES string of the molecule is CC(C)(C)c1ccc2c(c1)Cc1c-2ccc(C(C)(C)C)[c]1[Zr+2]([C]1=CC=CC1)=[C](c1cc(C(F)(F)F)cc(C(F)(F)F)c1)c1cc(C(F)(F)F)cc(C(F)(F)F)c1.[Cl-].[Cl-]. The largest absolute Gasteiger partial charge is 1.00 e. The van der Waals surface area contributed by atoms with Gasteiger partial charge in [-0.25, -0.2) is 0 Å². The first-order chi connectivity index (χ1) is 25.5. The van der Waals surface area contributed by atoms with Crippen LogP contribution < -0.4 is 28.1 Å². The van der Waals surface area contributed by atoms with Gasteiger partial charge in [-0.05, 0) is 0 Å². The van der Waals surface area contributed by atoms with Gasteiger partial charge in [-0.1, -0.05) is 0 Å². The summed E-state index contributed by atoms with van der Waals surface area (Å²) in [5.41, 5.74) is -4.53. The van der Waals surface area contributed by atoms with Gasteiger partial charge >= 0.3 is 325 Å². The van der Waals surface area contributed by atoms with Crippen LogP contribution in [-0.2, 0) is 63.2 Å². The van der Waals surface area contributed by atoms with E-state index in [0.29, 0.717) is 48.4 Å². The molecule has 0 atom stereocenters. The van der Waals surface area contributed by atoms with Gasteiger partial charge in [0, 0.05) is 0 Å². The Morgan fingerprint density at radius 1 is 0.517 bits per heavy atom. The van der Waals surface area contributed by atoms with Crippen LogP contribution in [0.1, 0.15) is 104 Å². The molecule has 2 aliphatic carbocycles. The molecular weight excluding hydrogens is 907 g/mol. The number of alkyl halides is 12. The van der Waals surface area contributed by atoms with Crippen LogP contribution in [0.5, 0.6) is 0 Å². The third-order valence-electron chi connectivity index (χ3n) is 10.1. The van der Waals surface area contributed by atoms with Crippen molar-refractivity contribution in [1.82, 2.24) is 0 Å². The molecule has 310 valence electrons. The zero-order valence-corrected chi connectivity index (χ0v) is 35.8. The van der Waals surface area contributed by atoms with Crippen LogP contribution in [0.15, 0.2) is 88.2 Å². The van der Waals surface area contributed by atoms with E-state index in [1.807, 2.05) is 71.9 Å². The van der Waals surface area contributed by atoms with Crippen molar-refractivity contribution in [1.29, 1.82) is 0 Å². The Bertz CT molecular complexity index is 2180. The van der Waals surface area contributed by atoms with Crippen LogP contribution in [-0.4, -0.2) is 3.21 Å². The summed E-state index contributed by atoms with van der Waals surface area (Å²) < 4.78 is 174. The van der Waals surface area contributed by atoms with Gasteiger partial charge in [0.1, 0.15) is 0 Å². The van der Waals surface area contributed by atoms with Gasteiger partial charge in [-0.3, -0.25) is 0 Å². The average molecular weight is 943 g/mol. The van der Waals surface area contributed by atoms with E-state index < -0.39 is 84.8 Å². The Balaban J connectivity index is 0.00000372. The minimum absolute atomic E-state index is 0. The molecule has 0 amide bonds.